The molecule has 0 saturated carbocycles. The summed E-state index contributed by atoms with van der Waals surface area (Å²) >= 11 is 0. The van der Waals surface area contributed by atoms with Crippen LogP contribution < -0.4 is 10.1 Å². The van der Waals surface area contributed by atoms with Crippen molar-refractivity contribution in [3.63, 3.8) is 0 Å². The topological polar surface area (TPSA) is 58.6 Å². The second-order valence-corrected chi connectivity index (χ2v) is 4.00. The van der Waals surface area contributed by atoms with Crippen molar-refractivity contribution in [2.24, 2.45) is 0 Å². The van der Waals surface area contributed by atoms with Gasteiger partial charge in [0.15, 0.2) is 0 Å². The Morgan fingerprint density at radius 1 is 1.33 bits per heavy atom. The van der Waals surface area contributed by atoms with E-state index in [2.05, 4.69) is 5.32 Å². The lowest BCUT2D eigenvalue weighted by molar-refractivity contribution is -0.121. The number of ether oxygens (including phenoxy) is 1. The summed E-state index contributed by atoms with van der Waals surface area (Å²) in [5.41, 5.74) is 1.12. The molecule has 0 fully saturated rings. The third kappa shape index (κ3) is 5.68. The molecule has 0 spiro atoms. The van der Waals surface area contributed by atoms with Crippen molar-refractivity contribution in [2.45, 2.75) is 26.2 Å². The Balaban J connectivity index is 2.27. The monoisotopic (exact) mass is 251 g/mol. The van der Waals surface area contributed by atoms with Gasteiger partial charge in [0.05, 0.1) is 6.61 Å². The number of aliphatic hydroxyl groups is 1. The van der Waals surface area contributed by atoms with Gasteiger partial charge in [-0.1, -0.05) is 12.1 Å². The fourth-order valence-corrected chi connectivity index (χ4v) is 1.57. The third-order valence-electron chi connectivity index (χ3n) is 2.53. The zero-order valence-corrected chi connectivity index (χ0v) is 10.8. The maximum Gasteiger partial charge on any atom is 0.220 e. The number of carbonyl (C=O) groups excluding carboxylic acids is 1. The molecular formula is C14H21NO3. The smallest absolute Gasteiger partial charge is 0.220 e. The van der Waals surface area contributed by atoms with E-state index in [1.54, 1.807) is 0 Å². The van der Waals surface area contributed by atoms with Crippen LogP contribution in [0.2, 0.25) is 0 Å². The number of nitrogens with one attached hydrogen (secondary N) is 1. The van der Waals surface area contributed by atoms with Crippen LogP contribution in [-0.4, -0.2) is 30.8 Å². The molecule has 0 atom stereocenters. The van der Waals surface area contributed by atoms with Crippen molar-refractivity contribution in [3.8, 4) is 5.75 Å². The van der Waals surface area contributed by atoms with Crippen LogP contribution in [0.5, 0.6) is 5.75 Å². The molecular weight excluding hydrogens is 230 g/mol. The lowest BCUT2D eigenvalue weighted by Crippen LogP contribution is -2.25. The van der Waals surface area contributed by atoms with Gasteiger partial charge < -0.3 is 15.2 Å². The highest BCUT2D eigenvalue weighted by atomic mass is 16.5. The van der Waals surface area contributed by atoms with Crippen LogP contribution in [0.3, 0.4) is 0 Å². The average molecular weight is 251 g/mol. The van der Waals surface area contributed by atoms with Gasteiger partial charge in [0.1, 0.15) is 5.75 Å². The van der Waals surface area contributed by atoms with Crippen LogP contribution in [0.4, 0.5) is 0 Å². The third-order valence-corrected chi connectivity index (χ3v) is 2.53. The van der Waals surface area contributed by atoms with E-state index in [9.17, 15) is 4.79 Å². The number of aryl methyl sites for hydroxylation is 1. The number of carbonyl (C=O) groups is 1. The van der Waals surface area contributed by atoms with Gasteiger partial charge in [0.2, 0.25) is 5.91 Å². The van der Waals surface area contributed by atoms with Crippen LogP contribution in [0.15, 0.2) is 24.3 Å². The van der Waals surface area contributed by atoms with E-state index in [-0.39, 0.29) is 12.5 Å². The minimum atomic E-state index is 0.0253. The number of aliphatic hydroxyl groups excluding tert-OH is 1. The molecule has 18 heavy (non-hydrogen) atoms. The second-order valence-electron chi connectivity index (χ2n) is 4.00. The normalized spacial score (nSPS) is 10.1. The Morgan fingerprint density at radius 3 is 2.67 bits per heavy atom. The van der Waals surface area contributed by atoms with Crippen molar-refractivity contribution in [3.05, 3.63) is 29.8 Å². The van der Waals surface area contributed by atoms with E-state index in [4.69, 9.17) is 9.84 Å². The molecule has 0 radical (unpaired) electrons. The molecule has 0 heterocycles. The number of hydrogen-bond acceptors (Lipinski definition) is 3. The van der Waals surface area contributed by atoms with Crippen molar-refractivity contribution < 1.29 is 14.6 Å². The molecule has 1 aromatic carbocycles. The van der Waals surface area contributed by atoms with Gasteiger partial charge in [-0.3, -0.25) is 4.79 Å². The molecule has 100 valence electrons. The van der Waals surface area contributed by atoms with E-state index in [0.717, 1.165) is 17.7 Å². The molecule has 0 aliphatic rings. The van der Waals surface area contributed by atoms with Crippen LogP contribution in [0.1, 0.15) is 25.3 Å². The lowest BCUT2D eigenvalue weighted by Gasteiger charge is -2.06. The molecule has 4 heteroatoms. The molecule has 0 unspecified atom stereocenters. The molecule has 0 aromatic heterocycles. The first-order valence-corrected chi connectivity index (χ1v) is 6.35. The summed E-state index contributed by atoms with van der Waals surface area (Å²) in [6.07, 6.45) is 1.80. The Labute approximate surface area is 108 Å². The molecule has 0 bridgehead atoms. The molecule has 1 aromatic rings. The first-order chi connectivity index (χ1) is 8.76. The van der Waals surface area contributed by atoms with E-state index >= 15 is 0 Å². The summed E-state index contributed by atoms with van der Waals surface area (Å²) in [4.78, 5) is 11.4. The molecule has 1 amide bonds. The average Bonchev–Trinajstić information content (AvgIpc) is 2.39. The standard InChI is InChI=1S/C14H21NO3/c1-2-18-13-7-4-12(5-8-13)6-9-14(17)15-10-3-11-16/h4-5,7-8,16H,2-3,6,9-11H2,1H3,(H,15,17). The van der Waals surface area contributed by atoms with Crippen LogP contribution in [0.25, 0.3) is 0 Å². The SMILES string of the molecule is CCOc1ccc(CCC(=O)NCCCO)cc1. The number of benzene rings is 1. The van der Waals surface area contributed by atoms with E-state index in [1.165, 1.54) is 0 Å². The summed E-state index contributed by atoms with van der Waals surface area (Å²) in [5.74, 6) is 0.881. The van der Waals surface area contributed by atoms with Gasteiger partial charge >= 0.3 is 0 Å². The molecule has 0 aliphatic heterocycles. The van der Waals surface area contributed by atoms with Gasteiger partial charge in [-0.15, -0.1) is 0 Å². The summed E-state index contributed by atoms with van der Waals surface area (Å²) < 4.78 is 5.35. The van der Waals surface area contributed by atoms with Crippen molar-refractivity contribution in [1.29, 1.82) is 0 Å². The van der Waals surface area contributed by atoms with Crippen LogP contribution in [-0.2, 0) is 11.2 Å². The Bertz CT molecular complexity index is 349. The van der Waals surface area contributed by atoms with Gasteiger partial charge in [-0.2, -0.15) is 0 Å². The highest BCUT2D eigenvalue weighted by Gasteiger charge is 2.02. The van der Waals surface area contributed by atoms with E-state index < -0.39 is 0 Å². The maximum atomic E-state index is 11.4. The predicted molar refractivity (Wildman–Crippen MR) is 70.6 cm³/mol. The Morgan fingerprint density at radius 2 is 2.06 bits per heavy atom. The van der Waals surface area contributed by atoms with Gasteiger partial charge in [-0.05, 0) is 37.5 Å². The first kappa shape index (κ1) is 14.5. The predicted octanol–water partition coefficient (Wildman–Crippen LogP) is 1.52. The largest absolute Gasteiger partial charge is 0.494 e. The zero-order chi connectivity index (χ0) is 13.2. The maximum absolute atomic E-state index is 11.4. The lowest BCUT2D eigenvalue weighted by atomic mass is 10.1. The quantitative estimate of drug-likeness (QED) is 0.689. The number of amides is 1. The zero-order valence-electron chi connectivity index (χ0n) is 10.8. The number of rotatable bonds is 8. The summed E-state index contributed by atoms with van der Waals surface area (Å²) in [7, 11) is 0. The highest BCUT2D eigenvalue weighted by molar-refractivity contribution is 5.76. The van der Waals surface area contributed by atoms with Gasteiger partial charge in [-0.25, -0.2) is 0 Å². The summed E-state index contributed by atoms with van der Waals surface area (Å²) in [6, 6.07) is 7.79. The van der Waals surface area contributed by atoms with Crippen LogP contribution >= 0.6 is 0 Å². The van der Waals surface area contributed by atoms with E-state index in [1.807, 2.05) is 31.2 Å². The molecule has 0 aliphatic carbocycles. The molecule has 2 N–H and O–H groups in total. The molecule has 0 saturated heterocycles. The molecule has 1 rings (SSSR count). The van der Waals surface area contributed by atoms with Crippen molar-refractivity contribution in [1.82, 2.24) is 5.32 Å². The summed E-state index contributed by atoms with van der Waals surface area (Å²) in [6.45, 7) is 3.26. The Hall–Kier alpha value is -1.55. The van der Waals surface area contributed by atoms with Gasteiger partial charge in [0, 0.05) is 19.6 Å². The van der Waals surface area contributed by atoms with Crippen molar-refractivity contribution >= 4 is 5.91 Å². The molecule has 4 nitrogen and oxygen atoms in total. The highest BCUT2D eigenvalue weighted by Crippen LogP contribution is 2.13. The fraction of sp³-hybridized carbons (Fsp3) is 0.500. The van der Waals surface area contributed by atoms with E-state index in [0.29, 0.717) is 26.0 Å². The second kappa shape index (κ2) is 8.53. The van der Waals surface area contributed by atoms with Crippen LogP contribution in [0, 0.1) is 0 Å². The minimum absolute atomic E-state index is 0.0253. The summed E-state index contributed by atoms with van der Waals surface area (Å²) in [5, 5.41) is 11.4. The number of hydrogen-bond donors (Lipinski definition) is 2. The first-order valence-electron chi connectivity index (χ1n) is 6.35. The Kier molecular flexibility index (Phi) is 6.87. The van der Waals surface area contributed by atoms with Gasteiger partial charge in [0.25, 0.3) is 0 Å². The van der Waals surface area contributed by atoms with Crippen molar-refractivity contribution in [2.75, 3.05) is 19.8 Å². The fourth-order valence-electron chi connectivity index (χ4n) is 1.57. The minimum Gasteiger partial charge on any atom is -0.494 e.